The van der Waals surface area contributed by atoms with Crippen LogP contribution < -0.4 is 0 Å². The van der Waals surface area contributed by atoms with Crippen molar-refractivity contribution in [2.75, 3.05) is 0 Å². The van der Waals surface area contributed by atoms with E-state index in [2.05, 4.69) is 28.5 Å². The van der Waals surface area contributed by atoms with E-state index >= 15 is 0 Å². The van der Waals surface area contributed by atoms with E-state index in [-0.39, 0.29) is 5.78 Å². The molecule has 0 N–H and O–H groups in total. The largest absolute Gasteiger partial charge is 0.310 e. The molecule has 4 aromatic rings. The minimum atomic E-state index is -0.0413. The number of carbonyl (C=O) groups excluding carboxylic acids is 1. The monoisotopic (exact) mass is 410 g/mol. The Labute approximate surface area is 172 Å². The molecule has 1 aromatic carbocycles. The van der Waals surface area contributed by atoms with Gasteiger partial charge in [0, 0.05) is 40.7 Å². The highest BCUT2D eigenvalue weighted by Gasteiger charge is 2.18. The molecule has 0 atom stereocenters. The number of Topliss-reactive ketones (excluding diaryl/α,β-unsaturated/α-hetero) is 1. The second-order valence-corrected chi connectivity index (χ2v) is 7.95. The zero-order chi connectivity index (χ0) is 19.8. The summed E-state index contributed by atoms with van der Waals surface area (Å²) in [7, 11) is 0. The molecule has 0 radical (unpaired) electrons. The molecule has 0 fully saturated rings. The molecule has 3 aromatic heterocycles. The third kappa shape index (κ3) is 3.34. The van der Waals surface area contributed by atoms with Crippen molar-refractivity contribution in [2.24, 2.45) is 0 Å². The summed E-state index contributed by atoms with van der Waals surface area (Å²) in [6.45, 7) is 6.47. The van der Waals surface area contributed by atoms with Gasteiger partial charge in [0.1, 0.15) is 10.7 Å². The Bertz CT molecular complexity index is 1190. The third-order valence-electron chi connectivity index (χ3n) is 4.60. The number of carbonyl (C=O) groups is 1. The van der Waals surface area contributed by atoms with Crippen LogP contribution in [0.3, 0.4) is 0 Å². The van der Waals surface area contributed by atoms with E-state index in [1.165, 1.54) is 6.92 Å². The first kappa shape index (κ1) is 18.8. The van der Waals surface area contributed by atoms with Crippen LogP contribution in [0.4, 0.5) is 0 Å². The number of aromatic nitrogens is 4. The van der Waals surface area contributed by atoms with Crippen molar-refractivity contribution in [1.82, 2.24) is 19.3 Å². The molecule has 5 nitrogen and oxygen atoms in total. The molecule has 0 spiro atoms. The highest BCUT2D eigenvalue weighted by atomic mass is 35.5. The van der Waals surface area contributed by atoms with Gasteiger partial charge in [0.15, 0.2) is 5.78 Å². The first-order valence-electron chi connectivity index (χ1n) is 8.97. The zero-order valence-electron chi connectivity index (χ0n) is 15.8. The molecule has 4 rings (SSSR count). The normalized spacial score (nSPS) is 11.3. The number of hydrogen-bond donors (Lipinski definition) is 0. The molecule has 0 aliphatic carbocycles. The minimum Gasteiger partial charge on any atom is -0.310 e. The predicted molar refractivity (Wildman–Crippen MR) is 113 cm³/mol. The summed E-state index contributed by atoms with van der Waals surface area (Å²) in [6.07, 6.45) is 3.89. The summed E-state index contributed by atoms with van der Waals surface area (Å²) in [5.74, 6) is -0.0413. The molecule has 0 aliphatic heterocycles. The molecule has 7 heteroatoms. The highest BCUT2D eigenvalue weighted by Crippen LogP contribution is 2.39. The van der Waals surface area contributed by atoms with E-state index < -0.39 is 0 Å². The Morgan fingerprint density at radius 1 is 1.25 bits per heavy atom. The van der Waals surface area contributed by atoms with Crippen LogP contribution in [-0.4, -0.2) is 25.1 Å². The average Bonchev–Trinajstić information content (AvgIpc) is 3.25. The molecule has 0 aliphatic rings. The summed E-state index contributed by atoms with van der Waals surface area (Å²) in [5, 5.41) is 6.97. The number of benzene rings is 1. The van der Waals surface area contributed by atoms with Crippen molar-refractivity contribution in [1.29, 1.82) is 0 Å². The summed E-state index contributed by atoms with van der Waals surface area (Å²) in [5.41, 5.74) is 3.56. The molecule has 28 heavy (non-hydrogen) atoms. The number of ketones is 1. The number of hydrogen-bond acceptors (Lipinski definition) is 4. The van der Waals surface area contributed by atoms with Crippen molar-refractivity contribution < 1.29 is 4.79 Å². The van der Waals surface area contributed by atoms with Gasteiger partial charge in [-0.25, -0.2) is 4.98 Å². The van der Waals surface area contributed by atoms with Crippen LogP contribution in [0.5, 0.6) is 0 Å². The smallest absolute Gasteiger partial charge is 0.178 e. The van der Waals surface area contributed by atoms with Gasteiger partial charge in [-0.05, 0) is 38.1 Å². The lowest BCUT2D eigenvalue weighted by Gasteiger charge is -2.06. The molecule has 0 bridgehead atoms. The van der Waals surface area contributed by atoms with Crippen LogP contribution in [0.15, 0.2) is 58.7 Å². The molecule has 142 valence electrons. The predicted octanol–water partition coefficient (Wildman–Crippen LogP) is 5.56. The number of fused-ring (bicyclic) bond motifs is 1. The number of rotatable bonds is 5. The van der Waals surface area contributed by atoms with Crippen molar-refractivity contribution >= 4 is 40.0 Å². The van der Waals surface area contributed by atoms with Crippen molar-refractivity contribution in [3.63, 3.8) is 0 Å². The van der Waals surface area contributed by atoms with Crippen molar-refractivity contribution in [2.45, 2.75) is 37.2 Å². The van der Waals surface area contributed by atoms with E-state index in [1.54, 1.807) is 17.8 Å². The lowest BCUT2D eigenvalue weighted by atomic mass is 10.2. The van der Waals surface area contributed by atoms with Crippen LogP contribution in [0.25, 0.3) is 16.6 Å². The van der Waals surface area contributed by atoms with E-state index in [4.69, 9.17) is 11.6 Å². The average molecular weight is 411 g/mol. The van der Waals surface area contributed by atoms with E-state index in [9.17, 15) is 4.79 Å². The standard InChI is InChI=1S/C21H19ClN4OS/c1-4-25-12-16(11-23-25)26-13(2)21(17-9-8-15(22)10-19(17)26)28-20-7-5-6-18(24-20)14(3)27/h5-12H,4H2,1-3H3. The van der Waals surface area contributed by atoms with Gasteiger partial charge in [0.2, 0.25) is 0 Å². The van der Waals surface area contributed by atoms with Crippen LogP contribution in [0.2, 0.25) is 5.02 Å². The number of aryl methyl sites for hydroxylation is 1. The number of halogens is 1. The van der Waals surface area contributed by atoms with Gasteiger partial charge in [0.25, 0.3) is 0 Å². The molecule has 0 saturated carbocycles. The molecular formula is C21H19ClN4OS. The first-order chi connectivity index (χ1) is 13.5. The second kappa shape index (κ2) is 7.45. The molecule has 0 unspecified atom stereocenters. The van der Waals surface area contributed by atoms with Crippen LogP contribution in [0, 0.1) is 6.92 Å². The van der Waals surface area contributed by atoms with Gasteiger partial charge in [-0.1, -0.05) is 35.5 Å². The van der Waals surface area contributed by atoms with Gasteiger partial charge in [0.05, 0.1) is 17.4 Å². The van der Waals surface area contributed by atoms with Gasteiger partial charge in [-0.15, -0.1) is 0 Å². The third-order valence-corrected chi connectivity index (χ3v) is 5.99. The van der Waals surface area contributed by atoms with E-state index in [0.29, 0.717) is 10.7 Å². The van der Waals surface area contributed by atoms with Gasteiger partial charge >= 0.3 is 0 Å². The Balaban J connectivity index is 1.88. The fourth-order valence-electron chi connectivity index (χ4n) is 3.23. The van der Waals surface area contributed by atoms with Crippen LogP contribution in [0.1, 0.15) is 30.0 Å². The fourth-order valence-corrected chi connectivity index (χ4v) is 4.42. The zero-order valence-corrected chi connectivity index (χ0v) is 17.4. The van der Waals surface area contributed by atoms with Gasteiger partial charge < -0.3 is 4.57 Å². The summed E-state index contributed by atoms with van der Waals surface area (Å²) < 4.78 is 4.06. The summed E-state index contributed by atoms with van der Waals surface area (Å²) in [4.78, 5) is 17.3. The molecule has 3 heterocycles. The van der Waals surface area contributed by atoms with Crippen LogP contribution in [-0.2, 0) is 6.54 Å². The van der Waals surface area contributed by atoms with E-state index in [0.717, 1.165) is 38.8 Å². The summed E-state index contributed by atoms with van der Waals surface area (Å²) >= 11 is 7.85. The Hall–Kier alpha value is -2.57. The second-order valence-electron chi connectivity index (χ2n) is 6.48. The fraction of sp³-hybridized carbons (Fsp3) is 0.190. The van der Waals surface area contributed by atoms with Crippen molar-refractivity contribution in [3.05, 3.63) is 65.2 Å². The Morgan fingerprint density at radius 3 is 2.79 bits per heavy atom. The minimum absolute atomic E-state index is 0.0413. The topological polar surface area (TPSA) is 52.7 Å². The molecular weight excluding hydrogens is 392 g/mol. The number of pyridine rings is 1. The van der Waals surface area contributed by atoms with Crippen LogP contribution >= 0.6 is 23.4 Å². The first-order valence-corrected chi connectivity index (χ1v) is 10.2. The number of nitrogens with zero attached hydrogens (tertiary/aromatic N) is 4. The Kier molecular flexibility index (Phi) is 5.00. The lowest BCUT2D eigenvalue weighted by Crippen LogP contribution is -1.97. The molecule has 0 saturated heterocycles. The lowest BCUT2D eigenvalue weighted by molar-refractivity contribution is 0.101. The highest BCUT2D eigenvalue weighted by molar-refractivity contribution is 7.99. The maximum atomic E-state index is 11.7. The molecule has 0 amide bonds. The summed E-state index contributed by atoms with van der Waals surface area (Å²) in [6, 6.07) is 11.4. The maximum Gasteiger partial charge on any atom is 0.178 e. The van der Waals surface area contributed by atoms with Gasteiger partial charge in [-0.2, -0.15) is 5.10 Å². The quantitative estimate of drug-likeness (QED) is 0.404. The van der Waals surface area contributed by atoms with E-state index in [1.807, 2.05) is 47.4 Å². The SMILES string of the molecule is CCn1cc(-n2c(C)c(Sc3cccc(C(C)=O)n3)c3ccc(Cl)cc32)cn1. The van der Waals surface area contributed by atoms with Crippen molar-refractivity contribution in [3.8, 4) is 5.69 Å². The maximum absolute atomic E-state index is 11.7. The van der Waals surface area contributed by atoms with Gasteiger partial charge in [-0.3, -0.25) is 9.48 Å². The Morgan fingerprint density at radius 2 is 2.07 bits per heavy atom.